The van der Waals surface area contributed by atoms with E-state index in [-0.39, 0.29) is 6.61 Å². The molecule has 3 unspecified atom stereocenters. The fourth-order valence-corrected chi connectivity index (χ4v) is 2.23. The molecule has 1 heterocycles. The summed E-state index contributed by atoms with van der Waals surface area (Å²) in [6, 6.07) is 0.725. The summed E-state index contributed by atoms with van der Waals surface area (Å²) in [5.74, 6) is 7.59. The standard InChI is InChI=1S/C10H15NO/c1-8-10-6-9(10)7-11(8)4-2-3-5-12/h8-10,12H,4-7H2,1H3. The van der Waals surface area contributed by atoms with Crippen LogP contribution in [-0.4, -0.2) is 35.7 Å². The Morgan fingerprint density at radius 3 is 2.92 bits per heavy atom. The molecular formula is C10H15NO. The van der Waals surface area contributed by atoms with Crippen LogP contribution in [0.5, 0.6) is 0 Å². The van der Waals surface area contributed by atoms with Gasteiger partial charge in [0.05, 0.1) is 6.54 Å². The van der Waals surface area contributed by atoms with E-state index in [2.05, 4.69) is 23.7 Å². The Bertz CT molecular complexity index is 228. The number of aliphatic hydroxyl groups is 1. The lowest BCUT2D eigenvalue weighted by atomic mass is 10.2. The van der Waals surface area contributed by atoms with Crippen molar-refractivity contribution < 1.29 is 5.11 Å². The summed E-state index contributed by atoms with van der Waals surface area (Å²) in [6.45, 7) is 4.36. The van der Waals surface area contributed by atoms with E-state index in [1.54, 1.807) is 0 Å². The second-order valence-electron chi connectivity index (χ2n) is 3.84. The first kappa shape index (κ1) is 8.10. The first-order valence-corrected chi connectivity index (χ1v) is 4.63. The van der Waals surface area contributed by atoms with Crippen molar-refractivity contribution in [1.29, 1.82) is 0 Å². The molecule has 1 aliphatic carbocycles. The van der Waals surface area contributed by atoms with Crippen molar-refractivity contribution in [2.24, 2.45) is 11.8 Å². The number of rotatable bonds is 1. The van der Waals surface area contributed by atoms with Crippen molar-refractivity contribution in [3.8, 4) is 11.8 Å². The van der Waals surface area contributed by atoms with Crippen LogP contribution < -0.4 is 0 Å². The lowest BCUT2D eigenvalue weighted by molar-refractivity contribution is 0.263. The number of likely N-dealkylation sites (tertiary alicyclic amines) is 1. The van der Waals surface area contributed by atoms with Gasteiger partial charge in [-0.05, 0) is 25.2 Å². The molecule has 0 aromatic heterocycles. The molecule has 1 aliphatic heterocycles. The van der Waals surface area contributed by atoms with E-state index in [9.17, 15) is 0 Å². The Morgan fingerprint density at radius 1 is 1.50 bits per heavy atom. The van der Waals surface area contributed by atoms with E-state index >= 15 is 0 Å². The van der Waals surface area contributed by atoms with Gasteiger partial charge in [0.1, 0.15) is 6.61 Å². The maximum absolute atomic E-state index is 8.47. The maximum Gasteiger partial charge on any atom is 0.104 e. The zero-order chi connectivity index (χ0) is 8.55. The third-order valence-corrected chi connectivity index (χ3v) is 3.13. The molecule has 3 atom stereocenters. The zero-order valence-electron chi connectivity index (χ0n) is 7.45. The Balaban J connectivity index is 1.82. The fraction of sp³-hybridized carbons (Fsp3) is 0.800. The lowest BCUT2D eigenvalue weighted by Crippen LogP contribution is -2.30. The molecule has 1 saturated heterocycles. The smallest absolute Gasteiger partial charge is 0.104 e. The molecule has 0 aromatic carbocycles. The van der Waals surface area contributed by atoms with Gasteiger partial charge in [0.15, 0.2) is 0 Å². The minimum absolute atomic E-state index is 0.00488. The molecule has 0 radical (unpaired) electrons. The summed E-state index contributed by atoms with van der Waals surface area (Å²) in [6.07, 6.45) is 1.44. The molecule has 1 saturated carbocycles. The monoisotopic (exact) mass is 165 g/mol. The summed E-state index contributed by atoms with van der Waals surface area (Å²) in [7, 11) is 0. The summed E-state index contributed by atoms with van der Waals surface area (Å²) in [4.78, 5) is 2.42. The van der Waals surface area contributed by atoms with Crippen molar-refractivity contribution >= 4 is 0 Å². The molecule has 2 nitrogen and oxygen atoms in total. The van der Waals surface area contributed by atoms with Gasteiger partial charge in [-0.15, -0.1) is 0 Å². The Morgan fingerprint density at radius 2 is 2.33 bits per heavy atom. The Hall–Kier alpha value is -0.520. The molecule has 0 aromatic rings. The first-order valence-electron chi connectivity index (χ1n) is 4.63. The van der Waals surface area contributed by atoms with E-state index in [0.717, 1.165) is 24.4 Å². The van der Waals surface area contributed by atoms with Crippen molar-refractivity contribution in [3.63, 3.8) is 0 Å². The summed E-state index contributed by atoms with van der Waals surface area (Å²) < 4.78 is 0. The van der Waals surface area contributed by atoms with Crippen LogP contribution in [0.3, 0.4) is 0 Å². The molecule has 2 rings (SSSR count). The highest BCUT2D eigenvalue weighted by molar-refractivity contribution is 5.08. The third kappa shape index (κ3) is 1.35. The lowest BCUT2D eigenvalue weighted by Gasteiger charge is -2.20. The molecule has 1 N–H and O–H groups in total. The summed E-state index contributed by atoms with van der Waals surface area (Å²) >= 11 is 0. The van der Waals surface area contributed by atoms with Crippen LogP contribution in [0.4, 0.5) is 0 Å². The first-order chi connectivity index (χ1) is 5.83. The van der Waals surface area contributed by atoms with Crippen molar-refractivity contribution in [1.82, 2.24) is 4.90 Å². The van der Waals surface area contributed by atoms with Gasteiger partial charge in [-0.2, -0.15) is 0 Å². The second-order valence-corrected chi connectivity index (χ2v) is 3.84. The third-order valence-electron chi connectivity index (χ3n) is 3.13. The number of piperidine rings is 1. The van der Waals surface area contributed by atoms with E-state index in [1.165, 1.54) is 13.0 Å². The molecule has 2 fully saturated rings. The van der Waals surface area contributed by atoms with Gasteiger partial charge >= 0.3 is 0 Å². The second kappa shape index (κ2) is 3.08. The number of fused-ring (bicyclic) bond motifs is 1. The number of hydrogen-bond donors (Lipinski definition) is 1. The number of hydrogen-bond acceptors (Lipinski definition) is 2. The summed E-state index contributed by atoms with van der Waals surface area (Å²) in [5.41, 5.74) is 0. The molecule has 2 aliphatic rings. The minimum Gasteiger partial charge on any atom is -0.384 e. The minimum atomic E-state index is -0.00488. The van der Waals surface area contributed by atoms with Gasteiger partial charge in [0.2, 0.25) is 0 Å². The molecule has 66 valence electrons. The summed E-state index contributed by atoms with van der Waals surface area (Å²) in [5, 5.41) is 8.47. The molecule has 0 bridgehead atoms. The highest BCUT2D eigenvalue weighted by Gasteiger charge is 2.49. The van der Waals surface area contributed by atoms with Crippen LogP contribution in [0.25, 0.3) is 0 Å². The average Bonchev–Trinajstić information content (AvgIpc) is 2.76. The van der Waals surface area contributed by atoms with E-state index in [4.69, 9.17) is 5.11 Å². The van der Waals surface area contributed by atoms with Crippen molar-refractivity contribution in [3.05, 3.63) is 0 Å². The molecule has 2 heteroatoms. The van der Waals surface area contributed by atoms with E-state index in [1.807, 2.05) is 0 Å². The van der Waals surface area contributed by atoms with Gasteiger partial charge in [-0.3, -0.25) is 4.90 Å². The Kier molecular flexibility index (Phi) is 2.08. The average molecular weight is 165 g/mol. The molecular weight excluding hydrogens is 150 g/mol. The predicted octanol–water partition coefficient (Wildman–Crippen LogP) is 0.322. The Labute approximate surface area is 73.6 Å². The van der Waals surface area contributed by atoms with Crippen molar-refractivity contribution in [2.45, 2.75) is 19.4 Å². The maximum atomic E-state index is 8.47. The topological polar surface area (TPSA) is 23.5 Å². The normalized spacial score (nSPS) is 38.7. The highest BCUT2D eigenvalue weighted by atomic mass is 16.2. The molecule has 12 heavy (non-hydrogen) atoms. The molecule has 0 amide bonds. The van der Waals surface area contributed by atoms with Gasteiger partial charge in [0, 0.05) is 12.6 Å². The van der Waals surface area contributed by atoms with Crippen LogP contribution in [0.1, 0.15) is 13.3 Å². The van der Waals surface area contributed by atoms with Gasteiger partial charge in [-0.25, -0.2) is 0 Å². The fourth-order valence-electron chi connectivity index (χ4n) is 2.23. The van der Waals surface area contributed by atoms with Gasteiger partial charge in [-0.1, -0.05) is 11.8 Å². The van der Waals surface area contributed by atoms with Crippen molar-refractivity contribution in [2.75, 3.05) is 19.7 Å². The zero-order valence-corrected chi connectivity index (χ0v) is 7.45. The van der Waals surface area contributed by atoms with Crippen LogP contribution in [-0.2, 0) is 0 Å². The molecule has 0 spiro atoms. The van der Waals surface area contributed by atoms with Crippen LogP contribution in [0.15, 0.2) is 0 Å². The van der Waals surface area contributed by atoms with Crippen LogP contribution in [0.2, 0.25) is 0 Å². The number of aliphatic hydroxyl groups excluding tert-OH is 1. The van der Waals surface area contributed by atoms with E-state index in [0.29, 0.717) is 0 Å². The van der Waals surface area contributed by atoms with E-state index < -0.39 is 0 Å². The van der Waals surface area contributed by atoms with Gasteiger partial charge < -0.3 is 5.11 Å². The largest absolute Gasteiger partial charge is 0.384 e. The highest BCUT2D eigenvalue weighted by Crippen LogP contribution is 2.48. The quantitative estimate of drug-likeness (QED) is 0.566. The van der Waals surface area contributed by atoms with Crippen LogP contribution in [0, 0.1) is 23.7 Å². The van der Waals surface area contributed by atoms with Crippen LogP contribution >= 0.6 is 0 Å². The SMILES string of the molecule is CC1C2CC2CN1CC#CCO. The predicted molar refractivity (Wildman–Crippen MR) is 47.5 cm³/mol. The number of nitrogens with zero attached hydrogens (tertiary/aromatic N) is 1. The van der Waals surface area contributed by atoms with Gasteiger partial charge in [0.25, 0.3) is 0 Å².